The lowest BCUT2D eigenvalue weighted by atomic mass is 10.1. The summed E-state index contributed by atoms with van der Waals surface area (Å²) in [5, 5.41) is 0. The molecule has 1 aliphatic carbocycles. The molecule has 1 aliphatic rings. The minimum atomic E-state index is 0.440. The van der Waals surface area contributed by atoms with Crippen LogP contribution in [0.3, 0.4) is 0 Å². The van der Waals surface area contributed by atoms with Crippen molar-refractivity contribution >= 4 is 11.6 Å². The van der Waals surface area contributed by atoms with Crippen LogP contribution in [0, 0.1) is 0 Å². The summed E-state index contributed by atoms with van der Waals surface area (Å²) in [6, 6.07) is 7.38. The zero-order chi connectivity index (χ0) is 11.5. The third-order valence-corrected chi connectivity index (χ3v) is 4.02. The zero-order valence-electron chi connectivity index (χ0n) is 10.2. The van der Waals surface area contributed by atoms with E-state index < -0.39 is 0 Å². The summed E-state index contributed by atoms with van der Waals surface area (Å²) in [5.74, 6) is 0.696. The number of benzene rings is 1. The molecule has 88 valence electrons. The quantitative estimate of drug-likeness (QED) is 0.727. The van der Waals surface area contributed by atoms with Crippen LogP contribution in [0.15, 0.2) is 18.2 Å². The van der Waals surface area contributed by atoms with Crippen LogP contribution in [0.5, 0.6) is 0 Å². The van der Waals surface area contributed by atoms with Gasteiger partial charge in [-0.15, -0.1) is 11.6 Å². The largest absolute Gasteiger partial charge is 0.298 e. The van der Waals surface area contributed by atoms with Crippen LogP contribution in [0.25, 0.3) is 0 Å². The van der Waals surface area contributed by atoms with Crippen molar-refractivity contribution in [2.75, 3.05) is 12.9 Å². The number of halogens is 1. The second-order valence-electron chi connectivity index (χ2n) is 4.88. The highest BCUT2D eigenvalue weighted by Crippen LogP contribution is 2.23. The Labute approximate surface area is 103 Å². The van der Waals surface area contributed by atoms with Crippen LogP contribution in [0.2, 0.25) is 0 Å². The number of hydrogen-bond donors (Lipinski definition) is 0. The molecule has 0 fully saturated rings. The summed E-state index contributed by atoms with van der Waals surface area (Å²) in [5.41, 5.74) is 4.53. The van der Waals surface area contributed by atoms with Gasteiger partial charge in [0, 0.05) is 18.5 Å². The molecule has 0 spiro atoms. The van der Waals surface area contributed by atoms with E-state index in [-0.39, 0.29) is 0 Å². The van der Waals surface area contributed by atoms with Crippen molar-refractivity contribution in [3.05, 3.63) is 34.9 Å². The Balaban J connectivity index is 2.05. The lowest BCUT2D eigenvalue weighted by molar-refractivity contribution is 0.268. The highest BCUT2D eigenvalue weighted by Gasteiger charge is 2.12. The Morgan fingerprint density at radius 2 is 2.06 bits per heavy atom. The normalized spacial score (nSPS) is 16.5. The molecule has 0 bridgehead atoms. The SMILES string of the molecule is CC(CCl)N(C)Cc1ccc2c(c1)CCC2. The maximum Gasteiger partial charge on any atom is 0.0376 e. The fraction of sp³-hybridized carbons (Fsp3) is 0.571. The van der Waals surface area contributed by atoms with Gasteiger partial charge in [-0.05, 0) is 49.9 Å². The van der Waals surface area contributed by atoms with Crippen LogP contribution in [-0.4, -0.2) is 23.9 Å². The molecule has 0 aliphatic heterocycles. The van der Waals surface area contributed by atoms with Crippen LogP contribution in [0.1, 0.15) is 30.0 Å². The highest BCUT2D eigenvalue weighted by atomic mass is 35.5. The molecule has 0 heterocycles. The molecule has 0 saturated heterocycles. The van der Waals surface area contributed by atoms with Crippen LogP contribution < -0.4 is 0 Å². The van der Waals surface area contributed by atoms with Gasteiger partial charge in [-0.3, -0.25) is 4.90 Å². The van der Waals surface area contributed by atoms with Gasteiger partial charge in [-0.2, -0.15) is 0 Å². The van der Waals surface area contributed by atoms with Crippen molar-refractivity contribution in [3.8, 4) is 0 Å². The summed E-state index contributed by atoms with van der Waals surface area (Å²) < 4.78 is 0. The number of hydrogen-bond acceptors (Lipinski definition) is 1. The second-order valence-corrected chi connectivity index (χ2v) is 5.18. The number of rotatable bonds is 4. The van der Waals surface area contributed by atoms with Gasteiger partial charge < -0.3 is 0 Å². The Kier molecular flexibility index (Phi) is 3.88. The minimum Gasteiger partial charge on any atom is -0.298 e. The second kappa shape index (κ2) is 5.20. The number of nitrogens with zero attached hydrogens (tertiary/aromatic N) is 1. The first kappa shape index (κ1) is 11.9. The third kappa shape index (κ3) is 2.58. The maximum atomic E-state index is 5.87. The standard InChI is InChI=1S/C14H20ClN/c1-11(9-15)16(2)10-12-6-7-13-4-3-5-14(13)8-12/h6-8,11H,3-5,9-10H2,1-2H3. The predicted octanol–water partition coefficient (Wildman–Crippen LogP) is 3.23. The topological polar surface area (TPSA) is 3.24 Å². The third-order valence-electron chi connectivity index (χ3n) is 3.57. The van der Waals surface area contributed by atoms with Gasteiger partial charge in [-0.1, -0.05) is 18.2 Å². The molecule has 1 aromatic carbocycles. The Bertz CT molecular complexity index is 362. The molecular weight excluding hydrogens is 218 g/mol. The fourth-order valence-corrected chi connectivity index (χ4v) is 2.52. The van der Waals surface area contributed by atoms with E-state index in [0.29, 0.717) is 11.9 Å². The van der Waals surface area contributed by atoms with Gasteiger partial charge in [0.15, 0.2) is 0 Å². The van der Waals surface area contributed by atoms with Gasteiger partial charge in [0.2, 0.25) is 0 Å². The molecule has 0 amide bonds. The zero-order valence-corrected chi connectivity index (χ0v) is 10.9. The summed E-state index contributed by atoms with van der Waals surface area (Å²) in [6.07, 6.45) is 3.86. The molecule has 0 radical (unpaired) electrons. The lowest BCUT2D eigenvalue weighted by Gasteiger charge is -2.23. The highest BCUT2D eigenvalue weighted by molar-refractivity contribution is 6.18. The molecular formula is C14H20ClN. The Morgan fingerprint density at radius 3 is 2.81 bits per heavy atom. The smallest absolute Gasteiger partial charge is 0.0376 e. The molecule has 2 heteroatoms. The van der Waals surface area contributed by atoms with E-state index in [2.05, 4.69) is 37.1 Å². The molecule has 1 nitrogen and oxygen atoms in total. The van der Waals surface area contributed by atoms with Gasteiger partial charge in [0.05, 0.1) is 0 Å². The average molecular weight is 238 g/mol. The summed E-state index contributed by atoms with van der Waals surface area (Å²) in [4.78, 5) is 2.31. The summed E-state index contributed by atoms with van der Waals surface area (Å²) >= 11 is 5.87. The van der Waals surface area contributed by atoms with Crippen molar-refractivity contribution in [1.29, 1.82) is 0 Å². The van der Waals surface area contributed by atoms with Gasteiger partial charge in [0.25, 0.3) is 0 Å². The lowest BCUT2D eigenvalue weighted by Crippen LogP contribution is -2.29. The van der Waals surface area contributed by atoms with Crippen molar-refractivity contribution in [3.63, 3.8) is 0 Å². The van der Waals surface area contributed by atoms with Gasteiger partial charge >= 0.3 is 0 Å². The summed E-state index contributed by atoms with van der Waals surface area (Å²) in [7, 11) is 2.14. The van der Waals surface area contributed by atoms with E-state index in [0.717, 1.165) is 6.54 Å². The molecule has 1 unspecified atom stereocenters. The van der Waals surface area contributed by atoms with Crippen molar-refractivity contribution in [2.45, 2.75) is 38.8 Å². The Hall–Kier alpha value is -0.530. The van der Waals surface area contributed by atoms with Crippen molar-refractivity contribution in [1.82, 2.24) is 4.90 Å². The number of alkyl halides is 1. The molecule has 0 saturated carbocycles. The Morgan fingerprint density at radius 1 is 1.31 bits per heavy atom. The summed E-state index contributed by atoms with van der Waals surface area (Å²) in [6.45, 7) is 3.17. The minimum absolute atomic E-state index is 0.440. The van der Waals surface area contributed by atoms with E-state index in [1.165, 1.54) is 24.8 Å². The molecule has 1 aromatic rings. The van der Waals surface area contributed by atoms with E-state index in [1.807, 2.05) is 0 Å². The monoisotopic (exact) mass is 237 g/mol. The van der Waals surface area contributed by atoms with Crippen LogP contribution in [0.4, 0.5) is 0 Å². The first-order valence-corrected chi connectivity index (χ1v) is 6.61. The van der Waals surface area contributed by atoms with Crippen molar-refractivity contribution < 1.29 is 0 Å². The first-order chi connectivity index (χ1) is 7.70. The molecule has 1 atom stereocenters. The molecule has 0 N–H and O–H groups in total. The van der Waals surface area contributed by atoms with Gasteiger partial charge in [0.1, 0.15) is 0 Å². The number of fused-ring (bicyclic) bond motifs is 1. The maximum absolute atomic E-state index is 5.87. The van der Waals surface area contributed by atoms with E-state index in [4.69, 9.17) is 11.6 Å². The first-order valence-electron chi connectivity index (χ1n) is 6.07. The van der Waals surface area contributed by atoms with Crippen LogP contribution >= 0.6 is 11.6 Å². The van der Waals surface area contributed by atoms with E-state index in [9.17, 15) is 0 Å². The number of aryl methyl sites for hydroxylation is 2. The molecule has 16 heavy (non-hydrogen) atoms. The van der Waals surface area contributed by atoms with E-state index >= 15 is 0 Å². The van der Waals surface area contributed by atoms with Crippen molar-refractivity contribution in [2.24, 2.45) is 0 Å². The predicted molar refractivity (Wildman–Crippen MR) is 70.1 cm³/mol. The van der Waals surface area contributed by atoms with Crippen LogP contribution in [-0.2, 0) is 19.4 Å². The van der Waals surface area contributed by atoms with E-state index in [1.54, 1.807) is 11.1 Å². The fourth-order valence-electron chi connectivity index (χ4n) is 2.29. The molecule has 0 aromatic heterocycles. The molecule has 2 rings (SSSR count). The van der Waals surface area contributed by atoms with Gasteiger partial charge in [-0.25, -0.2) is 0 Å². The average Bonchev–Trinajstić information content (AvgIpc) is 2.75.